The number of carbonyl (C=O) groups is 5. The lowest BCUT2D eigenvalue weighted by Gasteiger charge is -2.09. The monoisotopic (exact) mass is 1410 g/mol. The van der Waals surface area contributed by atoms with Crippen molar-refractivity contribution in [3.63, 3.8) is 0 Å². The Bertz CT molecular complexity index is 2820. The molecule has 0 aliphatic carbocycles. The number of hydrogen-bond acceptors (Lipinski definition) is 11. The van der Waals surface area contributed by atoms with Crippen molar-refractivity contribution >= 4 is 169 Å². The summed E-state index contributed by atoms with van der Waals surface area (Å²) in [6, 6.07) is 16.4. The Morgan fingerprint density at radius 3 is 1.73 bits per heavy atom. The molecule has 4 aromatic carbocycles. The Balaban J connectivity index is 0.000000507. The SMILES string of the molecule is CCC=CCC=CCC=CCCCCCCCCCC(=O)O.COc1cc(I)c(C(=O)O)cc1OC.O=C(O)CSc1c(Cl)cccc1Cl.O=C(O)c1c(O)c(Cl)cc(Cl)c1Cl.O=C(O)c1sccc1SCc1ccc(Cl)cc1Cl. The highest BCUT2D eigenvalue weighted by Crippen LogP contribution is 2.39. The number of carboxylic acids is 5. The summed E-state index contributed by atoms with van der Waals surface area (Å²) in [5, 5.41) is 56.2. The van der Waals surface area contributed by atoms with Crippen LogP contribution in [0.25, 0.3) is 0 Å². The summed E-state index contributed by atoms with van der Waals surface area (Å²) < 4.78 is 10.6. The molecule has 5 aromatic rings. The fourth-order valence-electron chi connectivity index (χ4n) is 6.16. The van der Waals surface area contributed by atoms with Crippen LogP contribution >= 0.6 is 139 Å². The number of thioether (sulfide) groups is 2. The molecule has 1 aromatic heterocycles. The molecule has 5 rings (SSSR count). The number of aliphatic carboxylic acids is 2. The van der Waals surface area contributed by atoms with Gasteiger partial charge in [0.15, 0.2) is 11.5 Å². The van der Waals surface area contributed by atoms with E-state index < -0.39 is 41.2 Å². The second-order valence-corrected chi connectivity index (χ2v) is 23.0. The molecule has 0 fully saturated rings. The summed E-state index contributed by atoms with van der Waals surface area (Å²) >= 11 is 45.8. The van der Waals surface area contributed by atoms with Gasteiger partial charge in [-0.15, -0.1) is 34.9 Å². The maximum atomic E-state index is 11.0. The Morgan fingerprint density at radius 1 is 0.613 bits per heavy atom. The van der Waals surface area contributed by atoms with E-state index in [2.05, 4.69) is 43.4 Å². The van der Waals surface area contributed by atoms with Gasteiger partial charge in [-0.05, 0) is 121 Å². The van der Waals surface area contributed by atoms with E-state index in [1.165, 1.54) is 88.0 Å². The van der Waals surface area contributed by atoms with Gasteiger partial charge in [0, 0.05) is 35.6 Å². The molecular formula is C56H60Cl7IO13S3. The molecule has 6 N–H and O–H groups in total. The van der Waals surface area contributed by atoms with Gasteiger partial charge < -0.3 is 40.1 Å². The summed E-state index contributed by atoms with van der Waals surface area (Å²) in [6.45, 7) is 2.16. The van der Waals surface area contributed by atoms with E-state index >= 15 is 0 Å². The minimum atomic E-state index is -1.38. The number of carboxylic acid groups (broad SMARTS) is 5. The molecule has 0 saturated heterocycles. The number of aromatic carboxylic acids is 3. The van der Waals surface area contributed by atoms with E-state index in [-0.39, 0.29) is 26.4 Å². The van der Waals surface area contributed by atoms with Crippen LogP contribution in [-0.2, 0) is 15.3 Å². The fraction of sp³-hybridized carbons (Fsp3) is 0.304. The van der Waals surface area contributed by atoms with Gasteiger partial charge in [0.1, 0.15) is 16.2 Å². The maximum Gasteiger partial charge on any atom is 0.347 e. The summed E-state index contributed by atoms with van der Waals surface area (Å²) in [5.74, 6) is -3.86. The number of allylic oxidation sites excluding steroid dienone is 6. The lowest BCUT2D eigenvalue weighted by atomic mass is 10.1. The Labute approximate surface area is 527 Å². The van der Waals surface area contributed by atoms with Gasteiger partial charge in [0.25, 0.3) is 0 Å². The van der Waals surface area contributed by atoms with Gasteiger partial charge in [-0.2, -0.15) is 0 Å². The first-order valence-electron chi connectivity index (χ1n) is 24.1. The van der Waals surface area contributed by atoms with Crippen LogP contribution in [-0.4, -0.2) is 80.5 Å². The number of thiophene rings is 1. The highest BCUT2D eigenvalue weighted by atomic mass is 127. The van der Waals surface area contributed by atoms with Crippen LogP contribution in [0, 0.1) is 3.57 Å². The molecule has 80 heavy (non-hydrogen) atoms. The van der Waals surface area contributed by atoms with Crippen molar-refractivity contribution in [1.29, 1.82) is 0 Å². The number of rotatable bonds is 26. The first-order valence-corrected chi connectivity index (χ1v) is 30.7. The summed E-state index contributed by atoms with van der Waals surface area (Å²) in [5.41, 5.74) is 0.663. The number of benzene rings is 4. The van der Waals surface area contributed by atoms with Gasteiger partial charge in [-0.3, -0.25) is 9.59 Å². The van der Waals surface area contributed by atoms with Crippen molar-refractivity contribution in [2.24, 2.45) is 0 Å². The van der Waals surface area contributed by atoms with Crippen LogP contribution in [0.3, 0.4) is 0 Å². The highest BCUT2D eigenvalue weighted by molar-refractivity contribution is 14.1. The summed E-state index contributed by atoms with van der Waals surface area (Å²) in [4.78, 5) is 54.7. The second kappa shape index (κ2) is 42.8. The van der Waals surface area contributed by atoms with E-state index in [1.807, 2.05) is 34.7 Å². The van der Waals surface area contributed by atoms with E-state index in [0.29, 0.717) is 57.1 Å². The highest BCUT2D eigenvalue weighted by Gasteiger charge is 2.20. The molecule has 13 nitrogen and oxygen atoms in total. The van der Waals surface area contributed by atoms with E-state index in [1.54, 1.807) is 41.8 Å². The number of methoxy groups -OCH3 is 2. The zero-order valence-electron chi connectivity index (χ0n) is 43.5. The summed E-state index contributed by atoms with van der Waals surface area (Å²) in [7, 11) is 2.98. The molecule has 0 spiro atoms. The molecule has 0 aliphatic rings. The van der Waals surface area contributed by atoms with Gasteiger partial charge in [-0.1, -0.05) is 169 Å². The third kappa shape index (κ3) is 30.4. The minimum absolute atomic E-state index is 0.0122. The number of phenols is 1. The van der Waals surface area contributed by atoms with Gasteiger partial charge in [0.05, 0.1) is 50.6 Å². The molecule has 0 aliphatic heterocycles. The van der Waals surface area contributed by atoms with E-state index in [9.17, 15) is 29.1 Å². The summed E-state index contributed by atoms with van der Waals surface area (Å²) in [6.07, 6.45) is 26.3. The number of hydrogen-bond donors (Lipinski definition) is 6. The molecule has 0 atom stereocenters. The fourth-order valence-corrected chi connectivity index (χ4v) is 11.5. The van der Waals surface area contributed by atoms with Gasteiger partial charge in [0.2, 0.25) is 0 Å². The average molecular weight is 1410 g/mol. The molecule has 0 radical (unpaired) electrons. The minimum Gasteiger partial charge on any atom is -0.505 e. The molecule has 0 bridgehead atoms. The molecule has 1 heterocycles. The zero-order valence-corrected chi connectivity index (χ0v) is 53.4. The molecule has 0 amide bonds. The lowest BCUT2D eigenvalue weighted by molar-refractivity contribution is -0.137. The van der Waals surface area contributed by atoms with Crippen molar-refractivity contribution in [2.45, 2.75) is 99.5 Å². The first kappa shape index (κ1) is 74.0. The number of ether oxygens (including phenoxy) is 2. The molecule has 0 saturated carbocycles. The normalized spacial score (nSPS) is 10.6. The van der Waals surface area contributed by atoms with Crippen molar-refractivity contribution in [1.82, 2.24) is 0 Å². The van der Waals surface area contributed by atoms with Gasteiger partial charge >= 0.3 is 29.8 Å². The van der Waals surface area contributed by atoms with Crippen molar-refractivity contribution in [3.8, 4) is 17.2 Å². The Hall–Kier alpha value is -3.99. The number of halogens is 8. The Morgan fingerprint density at radius 2 is 1.19 bits per heavy atom. The lowest BCUT2D eigenvalue weighted by Crippen LogP contribution is -2.01. The topological polar surface area (TPSA) is 225 Å². The molecule has 0 unspecified atom stereocenters. The molecule has 24 heteroatoms. The van der Waals surface area contributed by atoms with Crippen LogP contribution in [0.4, 0.5) is 0 Å². The van der Waals surface area contributed by atoms with Crippen LogP contribution in [0.2, 0.25) is 35.2 Å². The molecule has 436 valence electrons. The third-order valence-corrected chi connectivity index (χ3v) is 16.8. The average Bonchev–Trinajstić information content (AvgIpc) is 3.89. The Kier molecular flexibility index (Phi) is 39.6. The number of aromatic hydroxyl groups is 1. The van der Waals surface area contributed by atoms with Crippen LogP contribution < -0.4 is 9.47 Å². The second-order valence-electron chi connectivity index (χ2n) is 16.1. The predicted octanol–water partition coefficient (Wildman–Crippen LogP) is 19.7. The van der Waals surface area contributed by atoms with E-state index in [4.69, 9.17) is 116 Å². The zero-order chi connectivity index (χ0) is 60.2. The predicted molar refractivity (Wildman–Crippen MR) is 338 cm³/mol. The maximum absolute atomic E-state index is 11.0. The van der Waals surface area contributed by atoms with Crippen LogP contribution in [0.5, 0.6) is 17.2 Å². The molecular weight excluding hydrogens is 1350 g/mol. The van der Waals surface area contributed by atoms with Crippen LogP contribution in [0.1, 0.15) is 120 Å². The van der Waals surface area contributed by atoms with Crippen molar-refractivity contribution < 1.29 is 64.1 Å². The number of unbranched alkanes of at least 4 members (excludes halogenated alkanes) is 7. The van der Waals surface area contributed by atoms with Crippen molar-refractivity contribution in [3.05, 3.63) is 163 Å². The smallest absolute Gasteiger partial charge is 0.347 e. The standard InChI is InChI=1S/C20H34O2.C12H8Cl2O2S2.C9H9IO4.C8H6Cl2O2S.C7H3Cl3O3/c1-2-3-4-5-6-7-8-9-10-11-12-13-14-15-16-17-18-19-20(21)22;13-8-2-1-7(9(14)5-8)6-18-10-3-4-17-11(10)12(15)16;1-13-7-3-5(9(11)12)6(10)4-8(7)14-2;9-5-2-1-3-6(10)8(5)13-4-7(11)12;8-2-1-3(9)6(11)4(5(2)10)7(12)13/h3-4,6-7,9-10H,2,5,8,11-19H2,1H3,(H,21,22);1-5H,6H2,(H,15,16);3-4H,1-2H3,(H,11,12);1-3H,4H2,(H,11,12);1,11H,(H,12,13). The largest absolute Gasteiger partial charge is 0.505 e. The quantitative estimate of drug-likeness (QED) is 0.00995. The third-order valence-electron chi connectivity index (χ3n) is 10.1. The van der Waals surface area contributed by atoms with E-state index in [0.717, 1.165) is 54.3 Å². The van der Waals surface area contributed by atoms with Crippen molar-refractivity contribution in [2.75, 3.05) is 20.0 Å². The van der Waals surface area contributed by atoms with Crippen LogP contribution in [0.15, 0.2) is 112 Å². The van der Waals surface area contributed by atoms with Gasteiger partial charge in [-0.25, -0.2) is 14.4 Å². The first-order chi connectivity index (χ1) is 38.0.